The third kappa shape index (κ3) is 4.74. The van der Waals surface area contributed by atoms with E-state index in [1.807, 2.05) is 13.8 Å². The zero-order chi connectivity index (χ0) is 16.3. The van der Waals surface area contributed by atoms with E-state index in [0.29, 0.717) is 0 Å². The molecule has 0 rings (SSSR count). The van der Waals surface area contributed by atoms with Gasteiger partial charge in [-0.1, -0.05) is 33.8 Å². The Labute approximate surface area is 126 Å². The van der Waals surface area contributed by atoms with Crippen LogP contribution in [0.5, 0.6) is 0 Å². The van der Waals surface area contributed by atoms with E-state index in [1.165, 1.54) is 0 Å². The second-order valence-corrected chi connectivity index (χ2v) is 12.1. The first-order valence-electron chi connectivity index (χ1n) is 7.37. The van der Waals surface area contributed by atoms with Gasteiger partial charge in [0.25, 0.3) is 0 Å². The van der Waals surface area contributed by atoms with Crippen LogP contribution in [-0.2, 0) is 9.22 Å². The maximum absolute atomic E-state index is 12.3. The summed E-state index contributed by atoms with van der Waals surface area (Å²) in [5, 5.41) is 0.139. The molecule has 0 unspecified atom stereocenters. The van der Waals surface area contributed by atoms with Crippen LogP contribution in [0.3, 0.4) is 0 Å². The van der Waals surface area contributed by atoms with Crippen molar-refractivity contribution in [3.8, 4) is 0 Å². The molecule has 1 amide bonds. The highest BCUT2D eigenvalue weighted by atomic mass is 28.4. The van der Waals surface area contributed by atoms with E-state index < -0.39 is 8.32 Å². The van der Waals surface area contributed by atoms with E-state index in [1.54, 1.807) is 19.0 Å². The summed E-state index contributed by atoms with van der Waals surface area (Å²) in [6.07, 6.45) is 1.92. The first kappa shape index (κ1) is 19.4. The second-order valence-electron chi connectivity index (χ2n) is 7.35. The van der Waals surface area contributed by atoms with Crippen molar-refractivity contribution in [1.29, 1.82) is 0 Å². The minimum absolute atomic E-state index is 0.120. The first-order chi connectivity index (χ1) is 8.85. The molecule has 0 aromatic heterocycles. The fourth-order valence-corrected chi connectivity index (χ4v) is 3.16. The van der Waals surface area contributed by atoms with Gasteiger partial charge in [0.05, 0.1) is 12.0 Å². The molecule has 0 radical (unpaired) electrons. The van der Waals surface area contributed by atoms with Crippen LogP contribution in [0.25, 0.3) is 0 Å². The van der Waals surface area contributed by atoms with Gasteiger partial charge in [-0.3, -0.25) is 4.79 Å². The van der Waals surface area contributed by atoms with Gasteiger partial charge in [-0.25, -0.2) is 0 Å². The molecule has 20 heavy (non-hydrogen) atoms. The quantitative estimate of drug-likeness (QED) is 0.566. The first-order valence-corrected chi connectivity index (χ1v) is 10.3. The molecule has 3 nitrogen and oxygen atoms in total. The summed E-state index contributed by atoms with van der Waals surface area (Å²) in [5.74, 6) is -0.0368. The third-order valence-electron chi connectivity index (χ3n) is 4.42. The monoisotopic (exact) mass is 299 g/mol. The van der Waals surface area contributed by atoms with E-state index in [2.05, 4.69) is 46.9 Å². The Morgan fingerprint density at radius 1 is 1.25 bits per heavy atom. The van der Waals surface area contributed by atoms with Crippen molar-refractivity contribution in [2.75, 3.05) is 14.1 Å². The number of hydrogen-bond acceptors (Lipinski definition) is 2. The lowest BCUT2D eigenvalue weighted by molar-refractivity contribution is -0.134. The van der Waals surface area contributed by atoms with Crippen molar-refractivity contribution < 1.29 is 9.22 Å². The second kappa shape index (κ2) is 6.90. The summed E-state index contributed by atoms with van der Waals surface area (Å²) in [5.41, 5.74) is 1.14. The summed E-state index contributed by atoms with van der Waals surface area (Å²) >= 11 is 0. The lowest BCUT2D eigenvalue weighted by atomic mass is 9.97. The molecule has 0 N–H and O–H groups in total. The number of nitrogens with zero attached hydrogens (tertiary/aromatic N) is 1. The average Bonchev–Trinajstić information content (AvgIpc) is 2.31. The van der Waals surface area contributed by atoms with Gasteiger partial charge in [0.2, 0.25) is 5.91 Å². The number of carbonyl (C=O) groups is 1. The number of hydrogen-bond donors (Lipinski definition) is 0. The van der Waals surface area contributed by atoms with Crippen molar-refractivity contribution in [2.45, 2.75) is 65.8 Å². The van der Waals surface area contributed by atoms with E-state index in [-0.39, 0.29) is 23.0 Å². The fourth-order valence-electron chi connectivity index (χ4n) is 1.78. The molecule has 2 atom stereocenters. The SMILES string of the molecule is C/C=C(\C)[C@@H](O[Si](C)(C)C(C)(C)C)[C@@H](C)C(=O)N(C)C. The molecule has 0 saturated carbocycles. The maximum Gasteiger partial charge on any atom is 0.227 e. The molecule has 0 saturated heterocycles. The largest absolute Gasteiger partial charge is 0.409 e. The minimum atomic E-state index is -1.90. The smallest absolute Gasteiger partial charge is 0.227 e. The lowest BCUT2D eigenvalue weighted by Crippen LogP contribution is -2.48. The molecule has 0 aromatic carbocycles. The zero-order valence-electron chi connectivity index (χ0n) is 15.0. The number of amides is 1. The number of allylic oxidation sites excluding steroid dienone is 1. The molecule has 118 valence electrons. The summed E-state index contributed by atoms with van der Waals surface area (Å²) < 4.78 is 6.51. The molecule has 0 aromatic rings. The zero-order valence-corrected chi connectivity index (χ0v) is 16.0. The summed E-state index contributed by atoms with van der Waals surface area (Å²) in [6, 6.07) is 0. The molecule has 0 spiro atoms. The Balaban J connectivity index is 5.36. The predicted molar refractivity (Wildman–Crippen MR) is 89.4 cm³/mol. The van der Waals surface area contributed by atoms with Gasteiger partial charge in [0.1, 0.15) is 0 Å². The van der Waals surface area contributed by atoms with E-state index in [0.717, 1.165) is 5.57 Å². The Bertz CT molecular complexity index is 367. The molecule has 0 aliphatic carbocycles. The molecule has 0 aliphatic rings. The van der Waals surface area contributed by atoms with Crippen LogP contribution >= 0.6 is 0 Å². The fraction of sp³-hybridized carbons (Fsp3) is 0.812. The average molecular weight is 300 g/mol. The summed E-state index contributed by atoms with van der Waals surface area (Å²) in [7, 11) is 1.70. The Kier molecular flexibility index (Phi) is 6.69. The van der Waals surface area contributed by atoms with Gasteiger partial charge in [-0.05, 0) is 37.6 Å². The van der Waals surface area contributed by atoms with Crippen molar-refractivity contribution in [1.82, 2.24) is 4.90 Å². The standard InChI is InChI=1S/C16H33NO2Si/c1-11-12(2)14(13(3)15(18)17(7)8)19-20(9,10)16(4,5)6/h11,13-14H,1-10H3/b12-11+/t13-,14-/m1/s1. The number of carbonyl (C=O) groups excluding carboxylic acids is 1. The van der Waals surface area contributed by atoms with E-state index >= 15 is 0 Å². The van der Waals surface area contributed by atoms with Gasteiger partial charge in [-0.15, -0.1) is 0 Å². The van der Waals surface area contributed by atoms with E-state index in [4.69, 9.17) is 4.43 Å². The Morgan fingerprint density at radius 3 is 2.00 bits per heavy atom. The molecule has 0 aliphatic heterocycles. The maximum atomic E-state index is 12.3. The van der Waals surface area contributed by atoms with Crippen LogP contribution in [0.15, 0.2) is 11.6 Å². The summed E-state index contributed by atoms with van der Waals surface area (Å²) in [6.45, 7) is 17.2. The Hall–Kier alpha value is -0.613. The van der Waals surface area contributed by atoms with Crippen LogP contribution < -0.4 is 0 Å². The molecular formula is C16H33NO2Si. The summed E-state index contributed by atoms with van der Waals surface area (Å²) in [4.78, 5) is 13.9. The van der Waals surface area contributed by atoms with Gasteiger partial charge < -0.3 is 9.33 Å². The van der Waals surface area contributed by atoms with Crippen molar-refractivity contribution in [2.24, 2.45) is 5.92 Å². The van der Waals surface area contributed by atoms with Crippen LogP contribution in [-0.4, -0.2) is 39.3 Å². The topological polar surface area (TPSA) is 29.5 Å². The van der Waals surface area contributed by atoms with Crippen LogP contribution in [0, 0.1) is 5.92 Å². The highest BCUT2D eigenvalue weighted by molar-refractivity contribution is 6.74. The van der Waals surface area contributed by atoms with Gasteiger partial charge in [0, 0.05) is 14.1 Å². The van der Waals surface area contributed by atoms with Crippen LogP contribution in [0.1, 0.15) is 41.5 Å². The molecule has 0 heterocycles. The molecule has 4 heteroatoms. The molecule has 0 bridgehead atoms. The lowest BCUT2D eigenvalue weighted by Gasteiger charge is -2.41. The van der Waals surface area contributed by atoms with E-state index in [9.17, 15) is 4.79 Å². The normalized spacial score (nSPS) is 16.8. The van der Waals surface area contributed by atoms with Gasteiger partial charge in [0.15, 0.2) is 8.32 Å². The highest BCUT2D eigenvalue weighted by Gasteiger charge is 2.41. The van der Waals surface area contributed by atoms with Gasteiger partial charge >= 0.3 is 0 Å². The Morgan fingerprint density at radius 2 is 1.70 bits per heavy atom. The molecule has 0 fully saturated rings. The molecular weight excluding hydrogens is 266 g/mol. The predicted octanol–water partition coefficient (Wildman–Crippen LogP) is 4.07. The van der Waals surface area contributed by atoms with Crippen molar-refractivity contribution in [3.05, 3.63) is 11.6 Å². The minimum Gasteiger partial charge on any atom is -0.409 e. The van der Waals surface area contributed by atoms with Crippen molar-refractivity contribution >= 4 is 14.2 Å². The van der Waals surface area contributed by atoms with Crippen molar-refractivity contribution in [3.63, 3.8) is 0 Å². The van der Waals surface area contributed by atoms with Crippen LogP contribution in [0.4, 0.5) is 0 Å². The number of rotatable bonds is 5. The third-order valence-corrected chi connectivity index (χ3v) is 8.87. The highest BCUT2D eigenvalue weighted by Crippen LogP contribution is 2.39. The van der Waals surface area contributed by atoms with Crippen LogP contribution in [0.2, 0.25) is 18.1 Å². The van der Waals surface area contributed by atoms with Gasteiger partial charge in [-0.2, -0.15) is 0 Å².